The molecule has 1 heterocycles. The summed E-state index contributed by atoms with van der Waals surface area (Å²) in [6.45, 7) is 0. The van der Waals surface area contributed by atoms with Crippen molar-refractivity contribution in [1.29, 1.82) is 0 Å². The third-order valence-electron chi connectivity index (χ3n) is 3.89. The predicted octanol–water partition coefficient (Wildman–Crippen LogP) is 5.85. The highest BCUT2D eigenvalue weighted by atomic mass is 79.9. The Morgan fingerprint density at radius 2 is 1.84 bits per heavy atom. The van der Waals surface area contributed by atoms with E-state index < -0.39 is 0 Å². The number of benzene rings is 1. The van der Waals surface area contributed by atoms with E-state index in [-0.39, 0.29) is 0 Å². The van der Waals surface area contributed by atoms with Crippen LogP contribution >= 0.6 is 27.3 Å². The first-order valence-corrected chi connectivity index (χ1v) is 8.56. The van der Waals surface area contributed by atoms with Crippen molar-refractivity contribution in [3.05, 3.63) is 51.1 Å². The number of rotatable bonds is 4. The zero-order valence-corrected chi connectivity index (χ0v) is 13.2. The van der Waals surface area contributed by atoms with Crippen molar-refractivity contribution in [2.24, 2.45) is 5.92 Å². The number of anilines is 1. The minimum atomic E-state index is 0.476. The lowest BCUT2D eigenvalue weighted by Crippen LogP contribution is -2.17. The lowest BCUT2D eigenvalue weighted by Gasteiger charge is -2.25. The lowest BCUT2D eigenvalue weighted by atomic mass is 9.96. The third kappa shape index (κ3) is 3.21. The summed E-state index contributed by atoms with van der Waals surface area (Å²) in [6.07, 6.45) is 5.47. The van der Waals surface area contributed by atoms with Gasteiger partial charge in [-0.25, -0.2) is 0 Å². The van der Waals surface area contributed by atoms with Gasteiger partial charge in [0.25, 0.3) is 0 Å². The Labute approximate surface area is 127 Å². The first kappa shape index (κ1) is 13.2. The van der Waals surface area contributed by atoms with Gasteiger partial charge in [-0.15, -0.1) is 11.3 Å². The molecule has 1 saturated carbocycles. The maximum absolute atomic E-state index is 3.74. The molecule has 0 aliphatic heterocycles. The molecule has 1 aromatic carbocycles. The van der Waals surface area contributed by atoms with E-state index in [1.165, 1.54) is 36.2 Å². The quantitative estimate of drug-likeness (QED) is 0.738. The van der Waals surface area contributed by atoms with E-state index in [4.69, 9.17) is 0 Å². The fraction of sp³-hybridized carbons (Fsp3) is 0.375. The predicted molar refractivity (Wildman–Crippen MR) is 86.8 cm³/mol. The van der Waals surface area contributed by atoms with Gasteiger partial charge in [-0.3, -0.25) is 0 Å². The monoisotopic (exact) mass is 335 g/mol. The number of thiophene rings is 1. The largest absolute Gasteiger partial charge is 0.377 e. The Morgan fingerprint density at radius 3 is 2.47 bits per heavy atom. The summed E-state index contributed by atoms with van der Waals surface area (Å²) >= 11 is 5.36. The molecule has 1 nitrogen and oxygen atoms in total. The summed E-state index contributed by atoms with van der Waals surface area (Å²) in [5, 5.41) is 5.92. The summed E-state index contributed by atoms with van der Waals surface area (Å²) in [5.41, 5.74) is 1.22. The Morgan fingerprint density at radius 1 is 1.11 bits per heavy atom. The van der Waals surface area contributed by atoms with Crippen molar-refractivity contribution in [1.82, 2.24) is 0 Å². The standard InChI is InChI=1S/C16H18BrNS/c17-13-7-9-14(10-8-13)18-16(12-4-1-2-5-12)15-6-3-11-19-15/h3,6-12,16,18H,1-2,4-5H2. The van der Waals surface area contributed by atoms with Gasteiger partial charge >= 0.3 is 0 Å². The van der Waals surface area contributed by atoms with Gasteiger partial charge in [-0.2, -0.15) is 0 Å². The van der Waals surface area contributed by atoms with Crippen LogP contribution in [0.5, 0.6) is 0 Å². The summed E-state index contributed by atoms with van der Waals surface area (Å²) in [5.74, 6) is 0.780. The van der Waals surface area contributed by atoms with Crippen LogP contribution in [0.1, 0.15) is 36.6 Å². The minimum absolute atomic E-state index is 0.476. The SMILES string of the molecule is Brc1ccc(NC(c2cccs2)C2CCCC2)cc1. The summed E-state index contributed by atoms with van der Waals surface area (Å²) < 4.78 is 1.13. The molecule has 3 heteroatoms. The van der Waals surface area contributed by atoms with Crippen LogP contribution in [-0.2, 0) is 0 Å². The van der Waals surface area contributed by atoms with E-state index >= 15 is 0 Å². The van der Waals surface area contributed by atoms with Gasteiger partial charge < -0.3 is 5.32 Å². The van der Waals surface area contributed by atoms with Crippen molar-refractivity contribution >= 4 is 33.0 Å². The van der Waals surface area contributed by atoms with Gasteiger partial charge in [0.05, 0.1) is 6.04 Å². The summed E-state index contributed by atoms with van der Waals surface area (Å²) in [6, 6.07) is 13.4. The fourth-order valence-electron chi connectivity index (χ4n) is 2.91. The van der Waals surface area contributed by atoms with E-state index in [0.717, 1.165) is 10.4 Å². The molecule has 1 aliphatic carbocycles. The normalized spacial score (nSPS) is 17.5. The topological polar surface area (TPSA) is 12.0 Å². The molecule has 1 aliphatic rings. The molecule has 1 atom stereocenters. The molecular weight excluding hydrogens is 318 g/mol. The molecule has 0 radical (unpaired) electrons. The third-order valence-corrected chi connectivity index (χ3v) is 5.37. The van der Waals surface area contributed by atoms with Crippen molar-refractivity contribution in [3.8, 4) is 0 Å². The van der Waals surface area contributed by atoms with Gasteiger partial charge in [0.1, 0.15) is 0 Å². The molecular formula is C16H18BrNS. The van der Waals surface area contributed by atoms with Crippen LogP contribution in [0.3, 0.4) is 0 Å². The van der Waals surface area contributed by atoms with Crippen molar-refractivity contribution in [2.45, 2.75) is 31.7 Å². The second-order valence-electron chi connectivity index (χ2n) is 5.19. The van der Waals surface area contributed by atoms with Gasteiger partial charge in [0.2, 0.25) is 0 Å². The molecule has 1 fully saturated rings. The number of nitrogens with one attached hydrogen (secondary N) is 1. The molecule has 1 N–H and O–H groups in total. The van der Waals surface area contributed by atoms with Gasteiger partial charge in [0, 0.05) is 15.0 Å². The maximum atomic E-state index is 3.74. The lowest BCUT2D eigenvalue weighted by molar-refractivity contribution is 0.475. The first-order chi connectivity index (χ1) is 9.33. The fourth-order valence-corrected chi connectivity index (χ4v) is 4.04. The average molecular weight is 336 g/mol. The van der Waals surface area contributed by atoms with Gasteiger partial charge in [-0.1, -0.05) is 34.8 Å². The molecule has 1 unspecified atom stereocenters. The van der Waals surface area contributed by atoms with Crippen LogP contribution in [-0.4, -0.2) is 0 Å². The van der Waals surface area contributed by atoms with Gasteiger partial charge in [-0.05, 0) is 54.5 Å². The zero-order chi connectivity index (χ0) is 13.1. The Hall–Kier alpha value is -0.800. The van der Waals surface area contributed by atoms with Crippen molar-refractivity contribution in [2.75, 3.05) is 5.32 Å². The van der Waals surface area contributed by atoms with E-state index in [2.05, 4.69) is 63.0 Å². The summed E-state index contributed by atoms with van der Waals surface area (Å²) in [7, 11) is 0. The Bertz CT molecular complexity index is 500. The van der Waals surface area contributed by atoms with Gasteiger partial charge in [0.15, 0.2) is 0 Å². The van der Waals surface area contributed by atoms with Crippen molar-refractivity contribution < 1.29 is 0 Å². The average Bonchev–Trinajstić information content (AvgIpc) is 3.11. The molecule has 2 aromatic rings. The Balaban J connectivity index is 1.81. The highest BCUT2D eigenvalue weighted by Gasteiger charge is 2.26. The van der Waals surface area contributed by atoms with E-state index in [1.54, 1.807) is 0 Å². The molecule has 100 valence electrons. The smallest absolute Gasteiger partial charge is 0.0634 e. The zero-order valence-electron chi connectivity index (χ0n) is 10.8. The highest BCUT2D eigenvalue weighted by molar-refractivity contribution is 9.10. The molecule has 19 heavy (non-hydrogen) atoms. The van der Waals surface area contributed by atoms with Crippen LogP contribution in [0.4, 0.5) is 5.69 Å². The number of hydrogen-bond acceptors (Lipinski definition) is 2. The van der Waals surface area contributed by atoms with E-state index in [1.807, 2.05) is 11.3 Å². The van der Waals surface area contributed by atoms with E-state index in [9.17, 15) is 0 Å². The first-order valence-electron chi connectivity index (χ1n) is 6.88. The molecule has 0 spiro atoms. The second kappa shape index (κ2) is 6.10. The molecule has 0 bridgehead atoms. The van der Waals surface area contributed by atoms with Crippen molar-refractivity contribution in [3.63, 3.8) is 0 Å². The molecule has 0 saturated heterocycles. The Kier molecular flexibility index (Phi) is 4.24. The van der Waals surface area contributed by atoms with Crippen LogP contribution in [0, 0.1) is 5.92 Å². The number of halogens is 1. The maximum Gasteiger partial charge on any atom is 0.0634 e. The van der Waals surface area contributed by atoms with Crippen LogP contribution in [0.25, 0.3) is 0 Å². The molecule has 3 rings (SSSR count). The van der Waals surface area contributed by atoms with Crippen LogP contribution in [0.15, 0.2) is 46.3 Å². The van der Waals surface area contributed by atoms with E-state index in [0.29, 0.717) is 6.04 Å². The molecule has 1 aromatic heterocycles. The number of hydrogen-bond donors (Lipinski definition) is 1. The highest BCUT2D eigenvalue weighted by Crippen LogP contribution is 2.39. The van der Waals surface area contributed by atoms with Crippen LogP contribution in [0.2, 0.25) is 0 Å². The summed E-state index contributed by atoms with van der Waals surface area (Å²) in [4.78, 5) is 1.47. The van der Waals surface area contributed by atoms with Crippen LogP contribution < -0.4 is 5.32 Å². The second-order valence-corrected chi connectivity index (χ2v) is 7.08. The molecule has 0 amide bonds. The minimum Gasteiger partial charge on any atom is -0.377 e.